The van der Waals surface area contributed by atoms with Crippen LogP contribution in [0.5, 0.6) is 0 Å². The van der Waals surface area contributed by atoms with Gasteiger partial charge >= 0.3 is 0 Å². The number of aromatic nitrogens is 1. The minimum atomic E-state index is -0.0964. The number of hydrogen-bond donors (Lipinski definition) is 1. The van der Waals surface area contributed by atoms with Crippen LogP contribution in [0.2, 0.25) is 0 Å². The predicted molar refractivity (Wildman–Crippen MR) is 53.4 cm³/mol. The normalized spacial score (nSPS) is 19.1. The molecule has 0 aromatic carbocycles. The average Bonchev–Trinajstić information content (AvgIpc) is 2.85. The van der Waals surface area contributed by atoms with Crippen molar-refractivity contribution in [3.8, 4) is 0 Å². The fraction of sp³-hybridized carbons (Fsp3) is 0.545. The molecule has 2 N–H and O–H groups in total. The van der Waals surface area contributed by atoms with Crippen molar-refractivity contribution in [1.82, 2.24) is 4.98 Å². The van der Waals surface area contributed by atoms with Crippen molar-refractivity contribution in [1.29, 1.82) is 0 Å². The van der Waals surface area contributed by atoms with Crippen LogP contribution in [0.1, 0.15) is 43.9 Å². The van der Waals surface area contributed by atoms with Crippen molar-refractivity contribution >= 4 is 0 Å². The molecule has 0 unspecified atom stereocenters. The van der Waals surface area contributed by atoms with E-state index in [1.165, 1.54) is 5.56 Å². The predicted octanol–water partition coefficient (Wildman–Crippen LogP) is 2.15. The summed E-state index contributed by atoms with van der Waals surface area (Å²) in [5.41, 5.74) is 8.47. The zero-order valence-electron chi connectivity index (χ0n) is 8.25. The van der Waals surface area contributed by atoms with E-state index in [0.717, 1.165) is 18.5 Å². The Hall–Kier alpha value is -0.890. The summed E-state index contributed by atoms with van der Waals surface area (Å²) in [5.74, 6) is 0.518. The lowest BCUT2D eigenvalue weighted by atomic mass is 9.97. The van der Waals surface area contributed by atoms with Crippen molar-refractivity contribution < 1.29 is 0 Å². The average molecular weight is 176 g/mol. The van der Waals surface area contributed by atoms with Crippen LogP contribution in [0.3, 0.4) is 0 Å². The summed E-state index contributed by atoms with van der Waals surface area (Å²) in [6, 6.07) is 4.13. The molecule has 13 heavy (non-hydrogen) atoms. The highest BCUT2D eigenvalue weighted by atomic mass is 14.9. The molecule has 0 bridgehead atoms. The lowest BCUT2D eigenvalue weighted by molar-refractivity contribution is 0.676. The van der Waals surface area contributed by atoms with Gasteiger partial charge in [0.2, 0.25) is 0 Å². The van der Waals surface area contributed by atoms with Gasteiger partial charge in [0, 0.05) is 6.20 Å². The van der Waals surface area contributed by atoms with E-state index in [0.29, 0.717) is 5.92 Å². The molecular formula is C11H16N2. The van der Waals surface area contributed by atoms with Crippen molar-refractivity contribution in [3.63, 3.8) is 0 Å². The number of hydrogen-bond acceptors (Lipinski definition) is 2. The zero-order valence-corrected chi connectivity index (χ0v) is 8.25. The van der Waals surface area contributed by atoms with E-state index >= 15 is 0 Å². The molecule has 0 amide bonds. The van der Waals surface area contributed by atoms with Crippen LogP contribution in [-0.4, -0.2) is 4.98 Å². The second kappa shape index (κ2) is 2.81. The third-order valence-corrected chi connectivity index (χ3v) is 2.72. The summed E-state index contributed by atoms with van der Waals surface area (Å²) >= 11 is 0. The Kier molecular flexibility index (Phi) is 1.88. The molecule has 0 radical (unpaired) electrons. The minimum absolute atomic E-state index is 0.0964. The number of rotatable bonds is 2. The second-order valence-corrected chi connectivity index (χ2v) is 4.25. The first kappa shape index (κ1) is 8.70. The molecule has 2 heteroatoms. The van der Waals surface area contributed by atoms with Crippen LogP contribution in [0, 0.1) is 0 Å². The highest BCUT2D eigenvalue weighted by Crippen LogP contribution is 2.44. The molecule has 1 aromatic rings. The van der Waals surface area contributed by atoms with Gasteiger partial charge in [-0.2, -0.15) is 0 Å². The minimum Gasteiger partial charge on any atom is -0.320 e. The molecule has 2 nitrogen and oxygen atoms in total. The summed E-state index contributed by atoms with van der Waals surface area (Å²) in [5, 5.41) is 0. The third kappa shape index (κ3) is 1.46. The highest BCUT2D eigenvalue weighted by molar-refractivity contribution is 5.33. The Morgan fingerprint density at radius 3 is 2.69 bits per heavy atom. The van der Waals surface area contributed by atoms with Crippen molar-refractivity contribution in [2.45, 2.75) is 38.1 Å². The number of nitrogens with zero attached hydrogens (tertiary/aromatic N) is 1. The Morgan fingerprint density at radius 2 is 2.15 bits per heavy atom. The fourth-order valence-corrected chi connectivity index (χ4v) is 1.67. The number of pyridine rings is 1. The standard InChI is InChI=1S/C11H16N2/c1-8(2)9-4-3-7-13-10(9)11(12)5-6-11/h3-4,7-8H,5-6,12H2,1-2H3. The molecule has 1 aliphatic rings. The second-order valence-electron chi connectivity index (χ2n) is 4.25. The van der Waals surface area contributed by atoms with Crippen LogP contribution in [0.15, 0.2) is 18.3 Å². The van der Waals surface area contributed by atoms with E-state index in [9.17, 15) is 0 Å². The molecule has 1 aromatic heterocycles. The number of nitrogens with two attached hydrogens (primary N) is 1. The maximum Gasteiger partial charge on any atom is 0.0636 e. The van der Waals surface area contributed by atoms with E-state index in [1.807, 2.05) is 12.3 Å². The molecule has 1 saturated carbocycles. The monoisotopic (exact) mass is 176 g/mol. The van der Waals surface area contributed by atoms with Gasteiger partial charge in [-0.25, -0.2) is 0 Å². The molecule has 0 saturated heterocycles. The Balaban J connectivity index is 2.44. The third-order valence-electron chi connectivity index (χ3n) is 2.72. The van der Waals surface area contributed by atoms with Crippen LogP contribution in [0.25, 0.3) is 0 Å². The maximum atomic E-state index is 6.14. The molecule has 0 atom stereocenters. The van der Waals surface area contributed by atoms with Gasteiger partial charge in [-0.05, 0) is 30.4 Å². The van der Waals surface area contributed by atoms with Gasteiger partial charge in [0.05, 0.1) is 11.2 Å². The largest absolute Gasteiger partial charge is 0.320 e. The summed E-state index contributed by atoms with van der Waals surface area (Å²) in [6.07, 6.45) is 4.02. The van der Waals surface area contributed by atoms with Crippen LogP contribution >= 0.6 is 0 Å². The SMILES string of the molecule is CC(C)c1cccnc1C1(N)CC1. The lowest BCUT2D eigenvalue weighted by Gasteiger charge is -2.15. The highest BCUT2D eigenvalue weighted by Gasteiger charge is 2.43. The molecular weight excluding hydrogens is 160 g/mol. The van der Waals surface area contributed by atoms with E-state index in [2.05, 4.69) is 24.9 Å². The Bertz CT molecular complexity index is 314. The van der Waals surface area contributed by atoms with Crippen LogP contribution in [0.4, 0.5) is 0 Å². The summed E-state index contributed by atoms with van der Waals surface area (Å²) in [6.45, 7) is 4.37. The summed E-state index contributed by atoms with van der Waals surface area (Å²) in [4.78, 5) is 4.41. The first-order chi connectivity index (χ1) is 6.13. The first-order valence-corrected chi connectivity index (χ1v) is 4.88. The van der Waals surface area contributed by atoms with Gasteiger partial charge < -0.3 is 5.73 Å². The van der Waals surface area contributed by atoms with E-state index in [-0.39, 0.29) is 5.54 Å². The van der Waals surface area contributed by atoms with Crippen LogP contribution < -0.4 is 5.73 Å². The summed E-state index contributed by atoms with van der Waals surface area (Å²) in [7, 11) is 0. The van der Waals surface area contributed by atoms with E-state index in [1.54, 1.807) is 0 Å². The van der Waals surface area contributed by atoms with Gasteiger partial charge in [0.15, 0.2) is 0 Å². The molecule has 1 aliphatic carbocycles. The summed E-state index contributed by atoms with van der Waals surface area (Å²) < 4.78 is 0. The molecule has 1 heterocycles. The van der Waals surface area contributed by atoms with Gasteiger partial charge in [0.1, 0.15) is 0 Å². The van der Waals surface area contributed by atoms with E-state index < -0.39 is 0 Å². The Morgan fingerprint density at radius 1 is 1.46 bits per heavy atom. The first-order valence-electron chi connectivity index (χ1n) is 4.88. The smallest absolute Gasteiger partial charge is 0.0636 e. The van der Waals surface area contributed by atoms with Gasteiger partial charge in [0.25, 0.3) is 0 Å². The molecule has 1 fully saturated rings. The molecule has 70 valence electrons. The van der Waals surface area contributed by atoms with Crippen molar-refractivity contribution in [3.05, 3.63) is 29.6 Å². The quantitative estimate of drug-likeness (QED) is 0.750. The van der Waals surface area contributed by atoms with Gasteiger partial charge in [-0.1, -0.05) is 19.9 Å². The van der Waals surface area contributed by atoms with Crippen LogP contribution in [-0.2, 0) is 5.54 Å². The maximum absolute atomic E-state index is 6.14. The topological polar surface area (TPSA) is 38.9 Å². The van der Waals surface area contributed by atoms with Gasteiger partial charge in [-0.15, -0.1) is 0 Å². The molecule has 0 spiro atoms. The molecule has 0 aliphatic heterocycles. The van der Waals surface area contributed by atoms with E-state index in [4.69, 9.17) is 5.73 Å². The Labute approximate surface area is 79.2 Å². The zero-order chi connectivity index (χ0) is 9.47. The molecule has 2 rings (SSSR count). The van der Waals surface area contributed by atoms with Crippen molar-refractivity contribution in [2.24, 2.45) is 5.73 Å². The van der Waals surface area contributed by atoms with Crippen molar-refractivity contribution in [2.75, 3.05) is 0 Å². The lowest BCUT2D eigenvalue weighted by Crippen LogP contribution is -2.22. The van der Waals surface area contributed by atoms with Gasteiger partial charge in [-0.3, -0.25) is 4.98 Å². The fourth-order valence-electron chi connectivity index (χ4n) is 1.67.